The number of hydrogen-bond acceptors (Lipinski definition) is 12. The maximum Gasteiger partial charge on any atom is 0.408 e. The summed E-state index contributed by atoms with van der Waals surface area (Å²) in [6.07, 6.45) is 6.54. The largest absolute Gasteiger partial charge is 0.468 e. The second-order valence-electron chi connectivity index (χ2n) is 16.3. The number of methoxy groups -OCH3 is 2. The third-order valence-corrected chi connectivity index (χ3v) is 10.5. The van der Waals surface area contributed by atoms with E-state index in [-0.39, 0.29) is 55.0 Å². The van der Waals surface area contributed by atoms with Crippen LogP contribution < -0.4 is 10.6 Å². The molecule has 3 fully saturated rings. The predicted octanol–water partition coefficient (Wildman–Crippen LogP) is 6.16. The Hall–Kier alpha value is -3.79. The fraction of sp³-hybridized carbons (Fsp3) is 0.644. The van der Waals surface area contributed by atoms with E-state index in [0.29, 0.717) is 65.4 Å². The molecule has 2 N–H and O–H groups in total. The van der Waals surface area contributed by atoms with Crippen LogP contribution >= 0.6 is 12.4 Å². The molecular weight excluding hydrogens is 794 g/mol. The molecule has 5 atom stereocenters. The van der Waals surface area contributed by atoms with Gasteiger partial charge in [0.2, 0.25) is 5.91 Å². The predicted molar refractivity (Wildman–Crippen MR) is 228 cm³/mol. The van der Waals surface area contributed by atoms with Gasteiger partial charge in [0.25, 0.3) is 0 Å². The van der Waals surface area contributed by atoms with Crippen molar-refractivity contribution < 1.29 is 52.3 Å². The molecule has 0 aromatic heterocycles. The summed E-state index contributed by atoms with van der Waals surface area (Å²) < 4.78 is 38.3. The fourth-order valence-electron chi connectivity index (χ4n) is 7.49. The number of nitrogens with zero attached hydrogens (tertiary/aromatic N) is 1. The number of ether oxygens (including phenoxy) is 7. The number of hydrogen-bond donors (Lipinski definition) is 2. The molecule has 2 saturated heterocycles. The van der Waals surface area contributed by atoms with Gasteiger partial charge in [-0.05, 0) is 63.5 Å². The summed E-state index contributed by atoms with van der Waals surface area (Å²) in [5.41, 5.74) is 1.61. The van der Waals surface area contributed by atoms with Crippen molar-refractivity contribution in [2.45, 2.75) is 128 Å². The lowest BCUT2D eigenvalue weighted by Gasteiger charge is -2.34. The van der Waals surface area contributed by atoms with Gasteiger partial charge < -0.3 is 48.7 Å². The van der Waals surface area contributed by atoms with Crippen molar-refractivity contribution in [3.8, 4) is 0 Å². The Labute approximate surface area is 362 Å². The first-order chi connectivity index (χ1) is 28.5. The molecule has 1 aliphatic carbocycles. The van der Waals surface area contributed by atoms with Crippen molar-refractivity contribution in [1.82, 2.24) is 15.5 Å². The van der Waals surface area contributed by atoms with Crippen molar-refractivity contribution >= 4 is 36.3 Å². The zero-order valence-corrected chi connectivity index (χ0v) is 36.9. The molecule has 0 unspecified atom stereocenters. The highest BCUT2D eigenvalue weighted by molar-refractivity contribution is 5.90. The summed E-state index contributed by atoms with van der Waals surface area (Å²) in [7, 11) is 2.73. The molecule has 14 nitrogen and oxygen atoms in total. The van der Waals surface area contributed by atoms with Crippen LogP contribution in [0.3, 0.4) is 0 Å². The summed E-state index contributed by atoms with van der Waals surface area (Å²) in [5, 5.41) is 5.93. The first-order valence-corrected chi connectivity index (χ1v) is 21.1. The normalized spacial score (nSPS) is 20.9. The zero-order chi connectivity index (χ0) is 42.5. The Kier molecular flexibility index (Phi) is 22.9. The van der Waals surface area contributed by atoms with Crippen LogP contribution in [0.25, 0.3) is 0 Å². The van der Waals surface area contributed by atoms with Gasteiger partial charge in [-0.1, -0.05) is 79.9 Å². The van der Waals surface area contributed by atoms with Crippen LogP contribution in [0.2, 0.25) is 0 Å². The molecule has 0 spiro atoms. The van der Waals surface area contributed by atoms with Gasteiger partial charge in [0.15, 0.2) is 0 Å². The van der Waals surface area contributed by atoms with Crippen molar-refractivity contribution in [2.75, 3.05) is 53.7 Å². The van der Waals surface area contributed by atoms with Gasteiger partial charge in [-0.3, -0.25) is 9.59 Å². The third-order valence-electron chi connectivity index (χ3n) is 10.5. The minimum Gasteiger partial charge on any atom is -0.468 e. The average molecular weight is 863 g/mol. The summed E-state index contributed by atoms with van der Waals surface area (Å²) in [6.45, 7) is 9.83. The fourth-order valence-corrected chi connectivity index (χ4v) is 7.49. The van der Waals surface area contributed by atoms with E-state index in [9.17, 15) is 19.2 Å². The van der Waals surface area contributed by atoms with Crippen molar-refractivity contribution in [3.63, 3.8) is 0 Å². The monoisotopic (exact) mass is 861 g/mol. The molecule has 2 aromatic rings. The number of carbonyl (C=O) groups is 4. The van der Waals surface area contributed by atoms with E-state index in [0.717, 1.165) is 44.1 Å². The quantitative estimate of drug-likeness (QED) is 0.0943. The lowest BCUT2D eigenvalue weighted by atomic mass is 9.83. The van der Waals surface area contributed by atoms with Crippen LogP contribution in [0.4, 0.5) is 4.79 Å². The van der Waals surface area contributed by atoms with Gasteiger partial charge >= 0.3 is 18.0 Å². The van der Waals surface area contributed by atoms with E-state index in [4.69, 9.17) is 33.2 Å². The van der Waals surface area contributed by atoms with E-state index in [1.807, 2.05) is 60.7 Å². The van der Waals surface area contributed by atoms with Gasteiger partial charge in [0.05, 0.1) is 39.6 Å². The molecule has 0 bridgehead atoms. The second kappa shape index (κ2) is 27.2. The van der Waals surface area contributed by atoms with Crippen LogP contribution in [0.5, 0.6) is 0 Å². The molecule has 15 heteroatoms. The number of halogens is 1. The number of esters is 2. The van der Waals surface area contributed by atoms with Crippen LogP contribution in [0, 0.1) is 5.92 Å². The molecule has 5 rings (SSSR count). The highest BCUT2D eigenvalue weighted by atomic mass is 35.5. The Bertz CT molecular complexity index is 1540. The zero-order valence-electron chi connectivity index (χ0n) is 36.1. The number of nitrogens with one attached hydrogen (secondary N) is 2. The van der Waals surface area contributed by atoms with E-state index in [1.165, 1.54) is 24.7 Å². The molecule has 2 amide bonds. The molecule has 0 radical (unpaired) electrons. The van der Waals surface area contributed by atoms with Crippen LogP contribution in [0.1, 0.15) is 89.7 Å². The molecule has 2 aromatic carbocycles. The number of likely N-dealkylation sites (tertiary alicyclic amines) is 1. The van der Waals surface area contributed by atoms with Gasteiger partial charge in [-0.15, -0.1) is 12.4 Å². The summed E-state index contributed by atoms with van der Waals surface area (Å²) in [5.74, 6) is -0.984. The number of benzene rings is 2. The Morgan fingerprint density at radius 1 is 0.750 bits per heavy atom. The maximum atomic E-state index is 13.8. The SMILES string of the molecule is COC(=O)[C@@H]1C[C@@H](OCCCOCc2ccccc2)CN1.COC(=O)[C@@H]1C[C@@H](OCCCOCc2ccccc2)CN1C(=O)[C@@H](NC(=O)OC(C)(C)C)C1CCCCC1.Cl. The van der Waals surface area contributed by atoms with E-state index >= 15 is 0 Å². The summed E-state index contributed by atoms with van der Waals surface area (Å²) >= 11 is 0. The molecule has 1 saturated carbocycles. The lowest BCUT2D eigenvalue weighted by Crippen LogP contribution is -2.55. The standard InChI is InChI=1S/C29H44N2O7.C16H23NO4.ClH/c1-29(2,3)38-28(34)30-25(22-14-9-6-10-15-22)26(32)31-19-23(18-24(31)27(33)35-4)37-17-11-16-36-20-21-12-7-5-8-13-21;1-19-16(18)15-10-14(11-17-15)21-9-5-8-20-12-13-6-3-2-4-7-13;/h5,7-8,12-13,22-25H,6,9-11,14-20H2,1-4H3,(H,30,34);2-4,6-7,14-15,17H,5,8-12H2,1H3;1H/t23-,24+,25+;14-,15+;/m11./s1. The van der Waals surface area contributed by atoms with E-state index in [1.54, 1.807) is 20.8 Å². The lowest BCUT2D eigenvalue weighted by molar-refractivity contribution is -0.152. The maximum absolute atomic E-state index is 13.8. The Morgan fingerprint density at radius 3 is 1.83 bits per heavy atom. The van der Waals surface area contributed by atoms with E-state index < -0.39 is 29.7 Å². The summed E-state index contributed by atoms with van der Waals surface area (Å²) in [6, 6.07) is 18.3. The Balaban J connectivity index is 0.000000369. The van der Waals surface area contributed by atoms with Crippen molar-refractivity contribution in [2.24, 2.45) is 5.92 Å². The minimum absolute atomic E-state index is 0. The third kappa shape index (κ3) is 18.1. The molecule has 60 heavy (non-hydrogen) atoms. The van der Waals surface area contributed by atoms with Crippen molar-refractivity contribution in [1.29, 1.82) is 0 Å². The van der Waals surface area contributed by atoms with Gasteiger partial charge in [-0.2, -0.15) is 0 Å². The number of alkyl carbamates (subject to hydrolysis) is 1. The minimum atomic E-state index is -0.762. The molecule has 2 heterocycles. The number of carbonyl (C=O) groups excluding carboxylic acids is 4. The summed E-state index contributed by atoms with van der Waals surface area (Å²) in [4.78, 5) is 52.0. The first-order valence-electron chi connectivity index (χ1n) is 21.1. The molecular formula is C45H68ClN3O11. The molecule has 2 aliphatic heterocycles. The van der Waals surface area contributed by atoms with Gasteiger partial charge in [-0.25, -0.2) is 9.59 Å². The topological polar surface area (TPSA) is 160 Å². The highest BCUT2D eigenvalue weighted by Gasteiger charge is 2.45. The van der Waals surface area contributed by atoms with Gasteiger partial charge in [0.1, 0.15) is 23.7 Å². The second-order valence-corrected chi connectivity index (χ2v) is 16.3. The van der Waals surface area contributed by atoms with Crippen LogP contribution in [-0.4, -0.2) is 119 Å². The Morgan fingerprint density at radius 2 is 1.30 bits per heavy atom. The smallest absolute Gasteiger partial charge is 0.408 e. The molecule has 336 valence electrons. The number of amides is 2. The number of rotatable bonds is 19. The highest BCUT2D eigenvalue weighted by Crippen LogP contribution is 2.30. The average Bonchev–Trinajstić information content (AvgIpc) is 3.90. The van der Waals surface area contributed by atoms with Crippen LogP contribution in [-0.2, 0) is 60.8 Å². The first kappa shape index (κ1) is 50.6. The molecule has 3 aliphatic rings. The van der Waals surface area contributed by atoms with E-state index in [2.05, 4.69) is 10.6 Å². The van der Waals surface area contributed by atoms with Gasteiger partial charge in [0, 0.05) is 52.4 Å². The van der Waals surface area contributed by atoms with Crippen molar-refractivity contribution in [3.05, 3.63) is 71.8 Å². The van der Waals surface area contributed by atoms with Crippen LogP contribution in [0.15, 0.2) is 60.7 Å².